The number of rotatable bonds is 5. The van der Waals surface area contributed by atoms with Crippen LogP contribution in [0.15, 0.2) is 57.9 Å². The maximum atomic E-state index is 12.5. The molecule has 6 heteroatoms. The first-order valence-electron chi connectivity index (χ1n) is 8.06. The topological polar surface area (TPSA) is 67.5 Å². The van der Waals surface area contributed by atoms with Gasteiger partial charge in [-0.05, 0) is 38.4 Å². The normalized spacial score (nSPS) is 12.5. The molecule has 2 heterocycles. The van der Waals surface area contributed by atoms with Crippen LogP contribution in [0.2, 0.25) is 0 Å². The number of carbonyl (C=O) groups is 1. The summed E-state index contributed by atoms with van der Waals surface area (Å²) in [7, 11) is 5.87. The van der Waals surface area contributed by atoms with Crippen molar-refractivity contribution in [3.05, 3.63) is 70.3 Å². The van der Waals surface area contributed by atoms with Crippen molar-refractivity contribution >= 4 is 16.9 Å². The number of fused-ring (bicyclic) bond motifs is 1. The number of nitrogens with zero attached hydrogens (tertiary/aromatic N) is 2. The number of hydrogen-bond acceptors (Lipinski definition) is 4. The third-order valence-corrected chi connectivity index (χ3v) is 4.29. The van der Waals surface area contributed by atoms with Crippen molar-refractivity contribution in [2.45, 2.75) is 6.04 Å². The predicted octanol–water partition coefficient (Wildman–Crippen LogP) is 2.16. The van der Waals surface area contributed by atoms with Gasteiger partial charge in [0.15, 0.2) is 0 Å². The predicted molar refractivity (Wildman–Crippen MR) is 96.7 cm³/mol. The summed E-state index contributed by atoms with van der Waals surface area (Å²) >= 11 is 0. The van der Waals surface area contributed by atoms with E-state index < -0.39 is 11.5 Å². The molecule has 0 bridgehead atoms. The van der Waals surface area contributed by atoms with Crippen LogP contribution in [0.25, 0.3) is 11.0 Å². The second kappa shape index (κ2) is 6.94. The first-order chi connectivity index (χ1) is 12.0. The van der Waals surface area contributed by atoms with Crippen molar-refractivity contribution < 1.29 is 9.21 Å². The molecule has 2 aromatic heterocycles. The molecule has 1 N–H and O–H groups in total. The number of hydrogen-bond donors (Lipinski definition) is 1. The summed E-state index contributed by atoms with van der Waals surface area (Å²) in [6.45, 7) is 0.385. The molecule has 0 saturated heterocycles. The smallest absolute Gasteiger partial charge is 0.349 e. The van der Waals surface area contributed by atoms with Gasteiger partial charge in [-0.3, -0.25) is 9.69 Å². The fourth-order valence-electron chi connectivity index (χ4n) is 2.88. The van der Waals surface area contributed by atoms with Gasteiger partial charge in [-0.1, -0.05) is 18.2 Å². The summed E-state index contributed by atoms with van der Waals surface area (Å²) in [5, 5.41) is 3.57. The van der Waals surface area contributed by atoms with E-state index in [1.807, 2.05) is 61.1 Å². The Kier molecular flexibility index (Phi) is 4.72. The zero-order chi connectivity index (χ0) is 18.0. The number of aromatic nitrogens is 1. The van der Waals surface area contributed by atoms with Crippen molar-refractivity contribution in [3.63, 3.8) is 0 Å². The van der Waals surface area contributed by atoms with Crippen LogP contribution in [-0.2, 0) is 7.05 Å². The number of aryl methyl sites for hydroxylation is 1. The summed E-state index contributed by atoms with van der Waals surface area (Å²) in [6, 6.07) is 12.7. The number of benzene rings is 1. The monoisotopic (exact) mass is 339 g/mol. The second-order valence-electron chi connectivity index (χ2n) is 6.22. The van der Waals surface area contributed by atoms with E-state index in [0.29, 0.717) is 12.1 Å². The molecule has 130 valence electrons. The van der Waals surface area contributed by atoms with Gasteiger partial charge >= 0.3 is 5.63 Å². The lowest BCUT2D eigenvalue weighted by atomic mass is 10.1. The van der Waals surface area contributed by atoms with Gasteiger partial charge < -0.3 is 14.3 Å². The average Bonchev–Trinajstić information content (AvgIpc) is 3.00. The van der Waals surface area contributed by atoms with E-state index in [1.165, 1.54) is 0 Å². The zero-order valence-electron chi connectivity index (χ0n) is 14.5. The van der Waals surface area contributed by atoms with Crippen molar-refractivity contribution in [2.24, 2.45) is 7.05 Å². The maximum Gasteiger partial charge on any atom is 0.349 e. The number of carbonyl (C=O) groups excluding carboxylic acids is 1. The van der Waals surface area contributed by atoms with Crippen molar-refractivity contribution in [1.82, 2.24) is 14.8 Å². The summed E-state index contributed by atoms with van der Waals surface area (Å²) in [5.74, 6) is -0.430. The zero-order valence-corrected chi connectivity index (χ0v) is 14.5. The van der Waals surface area contributed by atoms with Crippen LogP contribution in [0.4, 0.5) is 0 Å². The van der Waals surface area contributed by atoms with Gasteiger partial charge in [0.25, 0.3) is 5.91 Å². The summed E-state index contributed by atoms with van der Waals surface area (Å²) < 4.78 is 7.24. The van der Waals surface area contributed by atoms with Crippen molar-refractivity contribution in [3.8, 4) is 0 Å². The quantitative estimate of drug-likeness (QED) is 0.724. The summed E-state index contributed by atoms with van der Waals surface area (Å²) in [4.78, 5) is 26.6. The Labute approximate surface area is 145 Å². The van der Waals surface area contributed by atoms with E-state index in [0.717, 1.165) is 11.1 Å². The molecule has 1 aromatic carbocycles. The molecule has 0 aliphatic rings. The molecule has 1 unspecified atom stereocenters. The van der Waals surface area contributed by atoms with Crippen LogP contribution in [0.1, 0.15) is 22.1 Å². The molecule has 0 aliphatic heterocycles. The molecule has 1 atom stereocenters. The Hall–Kier alpha value is -2.86. The van der Waals surface area contributed by atoms with Crippen molar-refractivity contribution in [2.75, 3.05) is 20.6 Å². The number of nitrogens with one attached hydrogen (secondary N) is 1. The van der Waals surface area contributed by atoms with Gasteiger partial charge in [0.2, 0.25) is 0 Å². The second-order valence-corrected chi connectivity index (χ2v) is 6.22. The maximum absolute atomic E-state index is 12.5. The molecular formula is C19H21N3O3. The highest BCUT2D eigenvalue weighted by Crippen LogP contribution is 2.17. The minimum absolute atomic E-state index is 0.00329. The van der Waals surface area contributed by atoms with Crippen LogP contribution in [0.5, 0.6) is 0 Å². The number of likely N-dealkylation sites (N-methyl/N-ethyl adjacent to an activating group) is 1. The largest absolute Gasteiger partial charge is 0.422 e. The summed E-state index contributed by atoms with van der Waals surface area (Å²) in [5.41, 5.74) is 0.939. The first-order valence-corrected chi connectivity index (χ1v) is 8.06. The van der Waals surface area contributed by atoms with Gasteiger partial charge in [0.05, 0.1) is 6.04 Å². The van der Waals surface area contributed by atoms with E-state index in [-0.39, 0.29) is 11.6 Å². The van der Waals surface area contributed by atoms with E-state index in [1.54, 1.807) is 18.2 Å². The molecule has 6 nitrogen and oxygen atoms in total. The highest BCUT2D eigenvalue weighted by molar-refractivity contribution is 5.96. The van der Waals surface area contributed by atoms with Gasteiger partial charge in [0, 0.05) is 30.9 Å². The lowest BCUT2D eigenvalue weighted by molar-refractivity contribution is 0.0937. The Bertz CT molecular complexity index is 956. The Morgan fingerprint density at radius 2 is 2.00 bits per heavy atom. The fraction of sp³-hybridized carbons (Fsp3) is 0.263. The standard InChI is InChI=1S/C19H21N3O3/c1-21(2)16(15-8-6-10-22(15)3)12-20-18(23)14-11-13-7-4-5-9-17(13)25-19(14)24/h4-11,16H,12H2,1-3H3,(H,20,23). The highest BCUT2D eigenvalue weighted by Gasteiger charge is 2.20. The number of amides is 1. The van der Waals surface area contributed by atoms with E-state index in [4.69, 9.17) is 4.42 Å². The molecule has 0 aliphatic carbocycles. The van der Waals surface area contributed by atoms with E-state index >= 15 is 0 Å². The Balaban J connectivity index is 1.81. The lowest BCUT2D eigenvalue weighted by Crippen LogP contribution is -2.37. The fourth-order valence-corrected chi connectivity index (χ4v) is 2.88. The molecule has 1 amide bonds. The van der Waals surface area contributed by atoms with E-state index in [9.17, 15) is 9.59 Å². The minimum atomic E-state index is -0.628. The molecule has 0 spiro atoms. The molecule has 3 rings (SSSR count). The highest BCUT2D eigenvalue weighted by atomic mass is 16.4. The molecule has 3 aromatic rings. The molecule has 0 fully saturated rings. The number of para-hydroxylation sites is 1. The van der Waals surface area contributed by atoms with Gasteiger partial charge in [-0.2, -0.15) is 0 Å². The molecule has 25 heavy (non-hydrogen) atoms. The van der Waals surface area contributed by atoms with E-state index in [2.05, 4.69) is 5.32 Å². The van der Waals surface area contributed by atoms with Crippen LogP contribution < -0.4 is 10.9 Å². The average molecular weight is 339 g/mol. The first kappa shape index (κ1) is 17.0. The van der Waals surface area contributed by atoms with Gasteiger partial charge in [0.1, 0.15) is 11.1 Å². The van der Waals surface area contributed by atoms with Crippen LogP contribution in [-0.4, -0.2) is 36.0 Å². The van der Waals surface area contributed by atoms with Gasteiger partial charge in [-0.25, -0.2) is 4.79 Å². The van der Waals surface area contributed by atoms with Crippen molar-refractivity contribution in [1.29, 1.82) is 0 Å². The molecule has 0 radical (unpaired) electrons. The van der Waals surface area contributed by atoms with Gasteiger partial charge in [-0.15, -0.1) is 0 Å². The Morgan fingerprint density at radius 1 is 1.24 bits per heavy atom. The lowest BCUT2D eigenvalue weighted by Gasteiger charge is -2.25. The summed E-state index contributed by atoms with van der Waals surface area (Å²) in [6.07, 6.45) is 1.96. The Morgan fingerprint density at radius 3 is 2.68 bits per heavy atom. The molecular weight excluding hydrogens is 318 g/mol. The molecule has 0 saturated carbocycles. The van der Waals surface area contributed by atoms with Crippen LogP contribution >= 0.6 is 0 Å². The van der Waals surface area contributed by atoms with Crippen LogP contribution in [0, 0.1) is 0 Å². The third kappa shape index (κ3) is 3.49. The SMILES string of the molecule is CN(C)C(CNC(=O)c1cc2ccccc2oc1=O)c1cccn1C. The minimum Gasteiger partial charge on any atom is -0.422 e. The third-order valence-electron chi connectivity index (χ3n) is 4.29. The van der Waals surface area contributed by atoms with Crippen LogP contribution in [0.3, 0.4) is 0 Å².